The first-order chi connectivity index (χ1) is 17.7. The number of hydrogen-bond acceptors (Lipinski definition) is 8. The molecular weight excluding hydrogens is 492 g/mol. The highest BCUT2D eigenvalue weighted by Gasteiger charge is 2.23. The first kappa shape index (κ1) is 28.4. The fourth-order valence-corrected chi connectivity index (χ4v) is 4.72. The van der Waals surface area contributed by atoms with Crippen LogP contribution >= 0.6 is 11.3 Å². The number of carboxylic acid groups (broad SMARTS) is 1. The largest absolute Gasteiger partial charge is 0.487 e. The maximum absolute atomic E-state index is 11.6. The van der Waals surface area contributed by atoms with Crippen LogP contribution < -0.4 is 10.2 Å². The van der Waals surface area contributed by atoms with Crippen molar-refractivity contribution in [3.8, 4) is 5.75 Å². The van der Waals surface area contributed by atoms with Gasteiger partial charge in [0.25, 0.3) is 0 Å². The fraction of sp³-hybridized carbons (Fsp3) is 0.407. The van der Waals surface area contributed by atoms with Crippen LogP contribution in [0.15, 0.2) is 53.9 Å². The van der Waals surface area contributed by atoms with E-state index >= 15 is 0 Å². The summed E-state index contributed by atoms with van der Waals surface area (Å²) in [5.74, 6) is 1.12. The van der Waals surface area contributed by atoms with Crippen LogP contribution in [0.1, 0.15) is 42.1 Å². The number of anilines is 1. The van der Waals surface area contributed by atoms with Gasteiger partial charge in [-0.25, -0.2) is 9.78 Å². The minimum absolute atomic E-state index is 0.376. The lowest BCUT2D eigenvalue weighted by atomic mass is 10.0. The van der Waals surface area contributed by atoms with E-state index in [1.807, 2.05) is 48.7 Å². The van der Waals surface area contributed by atoms with Crippen LogP contribution in [0.4, 0.5) is 10.5 Å². The van der Waals surface area contributed by atoms with Crippen molar-refractivity contribution in [1.29, 1.82) is 0 Å². The Balaban J connectivity index is 1.62. The van der Waals surface area contributed by atoms with Crippen LogP contribution in [-0.2, 0) is 19.6 Å². The van der Waals surface area contributed by atoms with Crippen LogP contribution in [-0.4, -0.2) is 55.7 Å². The molecule has 0 aliphatic carbocycles. The van der Waals surface area contributed by atoms with Crippen LogP contribution in [0, 0.1) is 12.8 Å². The van der Waals surface area contributed by atoms with Gasteiger partial charge in [0.05, 0.1) is 22.4 Å². The maximum Gasteiger partial charge on any atom is 0.431 e. The van der Waals surface area contributed by atoms with Gasteiger partial charge in [-0.15, -0.1) is 11.3 Å². The molecule has 1 unspecified atom stereocenters. The smallest absolute Gasteiger partial charge is 0.431 e. The lowest BCUT2D eigenvalue weighted by Crippen LogP contribution is -2.41. The lowest BCUT2D eigenvalue weighted by Gasteiger charge is -2.29. The fourth-order valence-electron chi connectivity index (χ4n) is 4.12. The van der Waals surface area contributed by atoms with Gasteiger partial charge in [0.2, 0.25) is 0 Å². The Labute approximate surface area is 221 Å². The molecule has 10 heteroatoms. The van der Waals surface area contributed by atoms with Crippen molar-refractivity contribution in [2.45, 2.75) is 52.8 Å². The van der Waals surface area contributed by atoms with Crippen molar-refractivity contribution in [2.75, 3.05) is 18.6 Å². The summed E-state index contributed by atoms with van der Waals surface area (Å²) < 4.78 is 5.80. The number of amides is 1. The van der Waals surface area contributed by atoms with E-state index in [1.54, 1.807) is 23.5 Å². The molecular formula is C27H36N4O5S. The number of thiazole rings is 1. The van der Waals surface area contributed by atoms with Gasteiger partial charge in [0.1, 0.15) is 12.4 Å². The van der Waals surface area contributed by atoms with Gasteiger partial charge in [-0.1, -0.05) is 38.1 Å². The highest BCUT2D eigenvalue weighted by Crippen LogP contribution is 2.19. The average Bonchev–Trinajstić information content (AvgIpc) is 3.30. The van der Waals surface area contributed by atoms with Gasteiger partial charge < -0.3 is 9.84 Å². The van der Waals surface area contributed by atoms with Crippen molar-refractivity contribution >= 4 is 23.1 Å². The molecule has 37 heavy (non-hydrogen) atoms. The first-order valence-corrected chi connectivity index (χ1v) is 13.2. The van der Waals surface area contributed by atoms with Crippen molar-refractivity contribution in [1.82, 2.24) is 14.9 Å². The summed E-state index contributed by atoms with van der Waals surface area (Å²) in [7, 11) is 0. The summed E-state index contributed by atoms with van der Waals surface area (Å²) in [6.45, 7) is 8.74. The molecule has 3 aromatic rings. The van der Waals surface area contributed by atoms with E-state index in [2.05, 4.69) is 29.2 Å². The molecule has 0 saturated carbocycles. The molecule has 0 aliphatic heterocycles. The number of aromatic nitrogens is 1. The van der Waals surface area contributed by atoms with Crippen LogP contribution in [0.2, 0.25) is 0 Å². The second-order valence-corrected chi connectivity index (χ2v) is 10.6. The van der Waals surface area contributed by atoms with Crippen molar-refractivity contribution in [3.63, 3.8) is 0 Å². The minimum atomic E-state index is -1.37. The second kappa shape index (κ2) is 13.9. The van der Waals surface area contributed by atoms with Crippen molar-refractivity contribution < 1.29 is 25.1 Å². The maximum atomic E-state index is 11.6. The van der Waals surface area contributed by atoms with E-state index < -0.39 is 12.1 Å². The molecule has 0 bridgehead atoms. The number of carbonyl (C=O) groups is 1. The Kier molecular flexibility index (Phi) is 10.7. The monoisotopic (exact) mass is 528 g/mol. The third kappa shape index (κ3) is 9.32. The van der Waals surface area contributed by atoms with E-state index in [0.717, 1.165) is 28.4 Å². The van der Waals surface area contributed by atoms with Gasteiger partial charge >= 0.3 is 6.09 Å². The highest BCUT2D eigenvalue weighted by molar-refractivity contribution is 7.09. The van der Waals surface area contributed by atoms with E-state index in [1.165, 1.54) is 0 Å². The SMILES string of the molecule is Cc1nc(COc2ccc(CC(CCN(Cc3ccc(NO)cc3)CC(C)C)N(O)C(=O)O)cc2)cs1. The highest BCUT2D eigenvalue weighted by atomic mass is 32.1. The molecule has 1 heterocycles. The molecule has 0 fully saturated rings. The molecule has 4 N–H and O–H groups in total. The molecule has 0 saturated heterocycles. The van der Waals surface area contributed by atoms with Gasteiger partial charge in [-0.05, 0) is 61.1 Å². The molecule has 0 spiro atoms. The molecule has 2 aromatic carbocycles. The number of rotatable bonds is 14. The second-order valence-electron chi connectivity index (χ2n) is 9.50. The topological polar surface area (TPSA) is 118 Å². The van der Waals surface area contributed by atoms with Gasteiger partial charge in [-0.3, -0.25) is 20.8 Å². The van der Waals surface area contributed by atoms with E-state index in [0.29, 0.717) is 55.0 Å². The zero-order chi connectivity index (χ0) is 26.8. The normalized spacial score (nSPS) is 12.1. The predicted molar refractivity (Wildman–Crippen MR) is 143 cm³/mol. The number of nitrogens with one attached hydrogen (secondary N) is 1. The molecule has 0 radical (unpaired) electrons. The third-order valence-electron chi connectivity index (χ3n) is 5.88. The van der Waals surface area contributed by atoms with E-state index in [4.69, 9.17) is 9.94 Å². The number of aryl methyl sites for hydroxylation is 1. The van der Waals surface area contributed by atoms with Crippen LogP contribution in [0.25, 0.3) is 0 Å². The van der Waals surface area contributed by atoms with E-state index in [9.17, 15) is 15.1 Å². The number of hydrogen-bond donors (Lipinski definition) is 4. The molecule has 3 rings (SSSR count). The molecule has 200 valence electrons. The summed E-state index contributed by atoms with van der Waals surface area (Å²) >= 11 is 1.58. The van der Waals surface area contributed by atoms with Gasteiger partial charge in [-0.2, -0.15) is 5.06 Å². The zero-order valence-corrected chi connectivity index (χ0v) is 22.3. The molecule has 0 aliphatic rings. The number of hydroxylamine groups is 2. The van der Waals surface area contributed by atoms with E-state index in [-0.39, 0.29) is 0 Å². The molecule has 9 nitrogen and oxygen atoms in total. The Bertz CT molecular complexity index is 1100. The summed E-state index contributed by atoms with van der Waals surface area (Å²) in [5, 5.41) is 32.2. The first-order valence-electron chi connectivity index (χ1n) is 12.3. The number of ether oxygens (including phenoxy) is 1. The van der Waals surface area contributed by atoms with Gasteiger partial charge in [0.15, 0.2) is 0 Å². The Hall–Kier alpha value is -3.18. The third-order valence-corrected chi connectivity index (χ3v) is 6.70. The van der Waals surface area contributed by atoms with Crippen molar-refractivity contribution in [2.24, 2.45) is 5.92 Å². The summed E-state index contributed by atoms with van der Waals surface area (Å²) in [5.41, 5.74) is 5.62. The van der Waals surface area contributed by atoms with Crippen LogP contribution in [0.3, 0.4) is 0 Å². The summed E-state index contributed by atoms with van der Waals surface area (Å²) in [6.07, 6.45) is -0.528. The van der Waals surface area contributed by atoms with Gasteiger partial charge in [0, 0.05) is 25.0 Å². The molecule has 1 aromatic heterocycles. The average molecular weight is 529 g/mol. The molecule has 1 atom stereocenters. The quantitative estimate of drug-likeness (QED) is 0.156. The summed E-state index contributed by atoms with van der Waals surface area (Å²) in [6, 6.07) is 14.4. The lowest BCUT2D eigenvalue weighted by molar-refractivity contribution is -0.0993. The standard InChI is InChI=1S/C27H36N4O5S/c1-19(2)15-30(16-22-4-8-23(29-34)9-5-22)13-12-25(31(35)27(32)33)14-21-6-10-26(11-7-21)36-17-24-18-37-20(3)28-24/h4-11,18-19,25,29,34-35H,12-17H2,1-3H3,(H,32,33). The number of benzene rings is 2. The zero-order valence-electron chi connectivity index (χ0n) is 21.5. The predicted octanol–water partition coefficient (Wildman–Crippen LogP) is 5.66. The van der Waals surface area contributed by atoms with Crippen molar-refractivity contribution in [3.05, 3.63) is 75.7 Å². The Morgan fingerprint density at radius 3 is 2.35 bits per heavy atom. The summed E-state index contributed by atoms with van der Waals surface area (Å²) in [4.78, 5) is 18.2. The Morgan fingerprint density at radius 1 is 1.11 bits per heavy atom. The molecule has 1 amide bonds. The van der Waals surface area contributed by atoms with Crippen LogP contribution in [0.5, 0.6) is 5.75 Å². The Morgan fingerprint density at radius 2 is 1.78 bits per heavy atom. The minimum Gasteiger partial charge on any atom is -0.487 e. The number of nitrogens with zero attached hydrogens (tertiary/aromatic N) is 3.